The molecule has 0 N–H and O–H groups in total. The normalized spacial score (nSPS) is 12.6. The van der Waals surface area contributed by atoms with E-state index >= 15 is 0 Å². The summed E-state index contributed by atoms with van der Waals surface area (Å²) >= 11 is 1.09. The van der Waals surface area contributed by atoms with Crippen LogP contribution in [0.2, 0.25) is 0 Å². The van der Waals surface area contributed by atoms with E-state index in [1.165, 1.54) is 0 Å². The van der Waals surface area contributed by atoms with Crippen molar-refractivity contribution in [2.24, 2.45) is 5.92 Å². The van der Waals surface area contributed by atoms with Gasteiger partial charge in [-0.15, -0.1) is 0 Å². The maximum absolute atomic E-state index is 11.4. The Labute approximate surface area is 89.6 Å². The summed E-state index contributed by atoms with van der Waals surface area (Å²) in [5.74, 6) is -0.163. The van der Waals surface area contributed by atoms with Gasteiger partial charge in [0.1, 0.15) is 5.25 Å². The Morgan fingerprint density at radius 2 is 1.86 bits per heavy atom. The Morgan fingerprint density at radius 3 is 2.21 bits per heavy atom. The molecular weight excluding hydrogens is 200 g/mol. The average molecular weight is 218 g/mol. The summed E-state index contributed by atoms with van der Waals surface area (Å²) in [5, 5.41) is -0.320. The Hall–Kier alpha value is -0.510. The van der Waals surface area contributed by atoms with Crippen molar-refractivity contribution in [3.8, 4) is 0 Å². The van der Waals surface area contributed by atoms with E-state index in [2.05, 4.69) is 0 Å². The molecule has 0 aliphatic carbocycles. The summed E-state index contributed by atoms with van der Waals surface area (Å²) < 4.78 is 4.90. The fraction of sp³-hybridized carbons (Fsp3) is 0.800. The Morgan fingerprint density at radius 1 is 1.29 bits per heavy atom. The van der Waals surface area contributed by atoms with Crippen molar-refractivity contribution in [1.29, 1.82) is 0 Å². The monoisotopic (exact) mass is 218 g/mol. The van der Waals surface area contributed by atoms with Gasteiger partial charge in [0.15, 0.2) is 5.12 Å². The molecule has 0 heterocycles. The lowest BCUT2D eigenvalue weighted by molar-refractivity contribution is -0.143. The zero-order chi connectivity index (χ0) is 11.1. The van der Waals surface area contributed by atoms with Crippen molar-refractivity contribution in [3.63, 3.8) is 0 Å². The lowest BCUT2D eigenvalue weighted by Crippen LogP contribution is -2.26. The second-order valence-electron chi connectivity index (χ2n) is 3.26. The molecule has 0 spiro atoms. The molecular formula is C10H18O3S. The van der Waals surface area contributed by atoms with Crippen LogP contribution in [0.15, 0.2) is 0 Å². The van der Waals surface area contributed by atoms with E-state index < -0.39 is 0 Å². The Bertz CT molecular complexity index is 202. The van der Waals surface area contributed by atoms with Crippen molar-refractivity contribution >= 4 is 22.8 Å². The summed E-state index contributed by atoms with van der Waals surface area (Å²) in [4.78, 5) is 22.6. The second-order valence-corrected chi connectivity index (χ2v) is 4.46. The minimum atomic E-state index is -0.359. The van der Waals surface area contributed by atoms with Crippen LogP contribution in [0.3, 0.4) is 0 Å². The van der Waals surface area contributed by atoms with E-state index in [1.54, 1.807) is 13.8 Å². The summed E-state index contributed by atoms with van der Waals surface area (Å²) in [6.07, 6.45) is 0.452. The fourth-order valence-electron chi connectivity index (χ4n) is 0.906. The summed E-state index contributed by atoms with van der Waals surface area (Å²) in [6.45, 7) is 7.75. The molecule has 0 radical (unpaired) electrons. The van der Waals surface area contributed by atoms with Gasteiger partial charge in [-0.25, -0.2) is 0 Å². The molecule has 0 saturated carbocycles. The van der Waals surface area contributed by atoms with Crippen molar-refractivity contribution in [3.05, 3.63) is 0 Å². The van der Waals surface area contributed by atoms with E-state index in [0.717, 1.165) is 11.8 Å². The SMILES string of the molecule is CCOC(=O)C(SC(=O)CC)C(C)C. The van der Waals surface area contributed by atoms with E-state index in [4.69, 9.17) is 4.74 Å². The van der Waals surface area contributed by atoms with Gasteiger partial charge in [0.05, 0.1) is 6.61 Å². The highest BCUT2D eigenvalue weighted by atomic mass is 32.2. The lowest BCUT2D eigenvalue weighted by atomic mass is 10.1. The van der Waals surface area contributed by atoms with E-state index in [9.17, 15) is 9.59 Å². The number of ether oxygens (including phenoxy) is 1. The van der Waals surface area contributed by atoms with Crippen LogP contribution in [-0.4, -0.2) is 22.9 Å². The molecule has 0 aromatic carbocycles. The first-order chi connectivity index (χ1) is 6.52. The third-order valence-electron chi connectivity index (χ3n) is 1.67. The minimum absolute atomic E-state index is 0.0387. The first-order valence-electron chi connectivity index (χ1n) is 4.89. The number of hydrogen-bond acceptors (Lipinski definition) is 4. The van der Waals surface area contributed by atoms with Crippen molar-refractivity contribution in [2.75, 3.05) is 6.61 Å². The maximum Gasteiger partial charge on any atom is 0.319 e. The van der Waals surface area contributed by atoms with Gasteiger partial charge < -0.3 is 4.74 Å². The Kier molecular flexibility index (Phi) is 6.62. The van der Waals surface area contributed by atoms with E-state index in [0.29, 0.717) is 13.0 Å². The molecule has 82 valence electrons. The smallest absolute Gasteiger partial charge is 0.319 e. The molecule has 0 aromatic heterocycles. The zero-order valence-corrected chi connectivity index (χ0v) is 10.0. The predicted octanol–water partition coefficient (Wildman–Crippen LogP) is 2.24. The summed E-state index contributed by atoms with van der Waals surface area (Å²) in [6, 6.07) is 0. The first-order valence-corrected chi connectivity index (χ1v) is 5.77. The number of carbonyl (C=O) groups is 2. The van der Waals surface area contributed by atoms with Crippen LogP contribution in [-0.2, 0) is 14.3 Å². The van der Waals surface area contributed by atoms with Crippen molar-refractivity contribution in [1.82, 2.24) is 0 Å². The topological polar surface area (TPSA) is 43.4 Å². The van der Waals surface area contributed by atoms with Crippen LogP contribution in [0.5, 0.6) is 0 Å². The molecule has 0 fully saturated rings. The molecule has 0 aliphatic rings. The minimum Gasteiger partial charge on any atom is -0.465 e. The van der Waals surface area contributed by atoms with Crippen LogP contribution >= 0.6 is 11.8 Å². The number of rotatable bonds is 5. The van der Waals surface area contributed by atoms with Crippen LogP contribution < -0.4 is 0 Å². The highest BCUT2D eigenvalue weighted by Gasteiger charge is 2.26. The van der Waals surface area contributed by atoms with Crippen molar-refractivity contribution < 1.29 is 14.3 Å². The molecule has 0 rings (SSSR count). The van der Waals surface area contributed by atoms with E-state index in [-0.39, 0.29) is 22.3 Å². The molecule has 3 nitrogen and oxygen atoms in total. The molecule has 4 heteroatoms. The van der Waals surface area contributed by atoms with Crippen LogP contribution in [0, 0.1) is 5.92 Å². The Balaban J connectivity index is 4.29. The molecule has 1 atom stereocenters. The third-order valence-corrected chi connectivity index (χ3v) is 3.21. The van der Waals surface area contributed by atoms with Gasteiger partial charge >= 0.3 is 5.97 Å². The summed E-state index contributed by atoms with van der Waals surface area (Å²) in [5.41, 5.74) is 0. The predicted molar refractivity (Wildman–Crippen MR) is 58.1 cm³/mol. The number of hydrogen-bond donors (Lipinski definition) is 0. The van der Waals surface area contributed by atoms with Gasteiger partial charge in [0.25, 0.3) is 0 Å². The fourth-order valence-corrected chi connectivity index (χ4v) is 1.79. The third kappa shape index (κ3) is 4.65. The maximum atomic E-state index is 11.4. The number of esters is 1. The van der Waals surface area contributed by atoms with Crippen LogP contribution in [0.25, 0.3) is 0 Å². The second kappa shape index (κ2) is 6.87. The van der Waals surface area contributed by atoms with Gasteiger partial charge in [0, 0.05) is 6.42 Å². The van der Waals surface area contributed by atoms with E-state index in [1.807, 2.05) is 13.8 Å². The molecule has 1 unspecified atom stereocenters. The average Bonchev–Trinajstić information content (AvgIpc) is 2.13. The summed E-state index contributed by atoms with van der Waals surface area (Å²) in [7, 11) is 0. The van der Waals surface area contributed by atoms with Gasteiger partial charge in [-0.05, 0) is 12.8 Å². The molecule has 14 heavy (non-hydrogen) atoms. The molecule has 0 amide bonds. The van der Waals surface area contributed by atoms with Crippen molar-refractivity contribution in [2.45, 2.75) is 39.4 Å². The zero-order valence-electron chi connectivity index (χ0n) is 9.20. The number of thioether (sulfide) groups is 1. The highest BCUT2D eigenvalue weighted by molar-refractivity contribution is 8.14. The number of carbonyl (C=O) groups excluding carboxylic acids is 2. The molecule has 0 aromatic rings. The first kappa shape index (κ1) is 13.5. The molecule has 0 saturated heterocycles. The molecule has 0 aliphatic heterocycles. The van der Waals surface area contributed by atoms with Gasteiger partial charge in [-0.3, -0.25) is 9.59 Å². The quantitative estimate of drug-likeness (QED) is 0.664. The van der Waals surface area contributed by atoms with Gasteiger partial charge in [-0.1, -0.05) is 32.5 Å². The lowest BCUT2D eigenvalue weighted by Gasteiger charge is -2.17. The van der Waals surface area contributed by atoms with Crippen LogP contribution in [0.1, 0.15) is 34.1 Å². The van der Waals surface area contributed by atoms with Gasteiger partial charge in [0.2, 0.25) is 0 Å². The van der Waals surface area contributed by atoms with Crippen LogP contribution in [0.4, 0.5) is 0 Å². The highest BCUT2D eigenvalue weighted by Crippen LogP contribution is 2.22. The largest absolute Gasteiger partial charge is 0.465 e. The standard InChI is InChI=1S/C10H18O3S/c1-5-8(11)14-9(7(3)4)10(12)13-6-2/h7,9H,5-6H2,1-4H3. The molecule has 0 bridgehead atoms. The van der Waals surface area contributed by atoms with Gasteiger partial charge in [-0.2, -0.15) is 0 Å².